The van der Waals surface area contributed by atoms with Crippen molar-refractivity contribution in [2.24, 2.45) is 0 Å². The molecule has 5 nitrogen and oxygen atoms in total. The van der Waals surface area contributed by atoms with Gasteiger partial charge in [0.1, 0.15) is 6.07 Å². The molecule has 0 fully saturated rings. The fraction of sp³-hybridized carbons (Fsp3) is 0.250. The lowest BCUT2D eigenvalue weighted by Crippen LogP contribution is -2.17. The molecular formula is C12H11NO4. The van der Waals surface area contributed by atoms with Crippen molar-refractivity contribution in [3.63, 3.8) is 0 Å². The number of esters is 2. The summed E-state index contributed by atoms with van der Waals surface area (Å²) in [6.45, 7) is 1.44. The quantitative estimate of drug-likeness (QED) is 0.740. The van der Waals surface area contributed by atoms with E-state index in [9.17, 15) is 9.59 Å². The third-order valence-corrected chi connectivity index (χ3v) is 2.02. The molecule has 0 saturated heterocycles. The Bertz CT molecular complexity index is 476. The molecule has 1 rings (SSSR count). The van der Waals surface area contributed by atoms with Gasteiger partial charge in [-0.15, -0.1) is 0 Å². The van der Waals surface area contributed by atoms with Crippen molar-refractivity contribution in [2.75, 3.05) is 7.11 Å². The summed E-state index contributed by atoms with van der Waals surface area (Å²) in [5, 5.41) is 8.54. The maximum absolute atomic E-state index is 11.7. The summed E-state index contributed by atoms with van der Waals surface area (Å²) in [4.78, 5) is 23.1. The number of nitrogens with zero attached hydrogens (tertiary/aromatic N) is 1. The number of methoxy groups -OCH3 is 1. The van der Waals surface area contributed by atoms with E-state index in [0.717, 1.165) is 0 Å². The lowest BCUT2D eigenvalue weighted by Gasteiger charge is -2.08. The molecule has 0 aromatic heterocycles. The second kappa shape index (κ2) is 5.66. The van der Waals surface area contributed by atoms with E-state index in [-0.39, 0.29) is 11.1 Å². The van der Waals surface area contributed by atoms with Crippen LogP contribution < -0.4 is 0 Å². The number of rotatable bonds is 3. The van der Waals surface area contributed by atoms with Gasteiger partial charge in [-0.2, -0.15) is 5.26 Å². The molecule has 0 bridgehead atoms. The van der Waals surface area contributed by atoms with Crippen LogP contribution in [0.4, 0.5) is 0 Å². The Morgan fingerprint density at radius 3 is 2.24 bits per heavy atom. The van der Waals surface area contributed by atoms with Crippen LogP contribution in [0.25, 0.3) is 0 Å². The summed E-state index contributed by atoms with van der Waals surface area (Å²) in [6, 6.07) is 7.88. The third-order valence-electron chi connectivity index (χ3n) is 2.02. The Hall–Kier alpha value is -2.35. The molecule has 0 saturated carbocycles. The minimum absolute atomic E-state index is 0.0847. The van der Waals surface area contributed by atoms with Crippen LogP contribution in [0.3, 0.4) is 0 Å². The zero-order valence-electron chi connectivity index (χ0n) is 9.47. The van der Waals surface area contributed by atoms with E-state index < -0.39 is 18.0 Å². The monoisotopic (exact) mass is 233 g/mol. The second-order valence-corrected chi connectivity index (χ2v) is 3.21. The van der Waals surface area contributed by atoms with Gasteiger partial charge < -0.3 is 9.47 Å². The van der Waals surface area contributed by atoms with Gasteiger partial charge in [0.05, 0.1) is 18.2 Å². The molecule has 0 spiro atoms. The Kier molecular flexibility index (Phi) is 4.23. The SMILES string of the molecule is COC(=O)c1ccccc1C(=O)OC(C)C#N. The molecule has 0 radical (unpaired) electrons. The van der Waals surface area contributed by atoms with E-state index in [2.05, 4.69) is 4.74 Å². The Morgan fingerprint density at radius 2 is 1.76 bits per heavy atom. The first kappa shape index (κ1) is 12.7. The fourth-order valence-electron chi connectivity index (χ4n) is 1.20. The summed E-state index contributed by atoms with van der Waals surface area (Å²) in [5.74, 6) is -1.35. The molecule has 1 aromatic carbocycles. The predicted octanol–water partition coefficient (Wildman–Crippen LogP) is 1.54. The van der Waals surface area contributed by atoms with Crippen molar-refractivity contribution in [1.29, 1.82) is 5.26 Å². The highest BCUT2D eigenvalue weighted by molar-refractivity contribution is 6.03. The summed E-state index contributed by atoms with van der Waals surface area (Å²) in [6.07, 6.45) is -0.867. The molecule has 0 heterocycles. The summed E-state index contributed by atoms with van der Waals surface area (Å²) in [7, 11) is 1.22. The number of carbonyl (C=O) groups is 2. The minimum Gasteiger partial charge on any atom is -0.465 e. The molecule has 1 atom stereocenters. The standard InChI is InChI=1S/C12H11NO4/c1-8(7-13)17-12(15)10-6-4-3-5-9(10)11(14)16-2/h3-6,8H,1-2H3. The van der Waals surface area contributed by atoms with Gasteiger partial charge in [0.2, 0.25) is 0 Å². The zero-order valence-corrected chi connectivity index (χ0v) is 9.47. The number of hydrogen-bond acceptors (Lipinski definition) is 5. The van der Waals surface area contributed by atoms with Crippen molar-refractivity contribution in [3.8, 4) is 6.07 Å². The van der Waals surface area contributed by atoms with Crippen molar-refractivity contribution >= 4 is 11.9 Å². The van der Waals surface area contributed by atoms with Crippen molar-refractivity contribution < 1.29 is 19.1 Å². The lowest BCUT2D eigenvalue weighted by atomic mass is 10.1. The van der Waals surface area contributed by atoms with E-state index in [1.807, 2.05) is 0 Å². The molecule has 17 heavy (non-hydrogen) atoms. The van der Waals surface area contributed by atoms with Gasteiger partial charge in [-0.25, -0.2) is 9.59 Å². The topological polar surface area (TPSA) is 76.4 Å². The van der Waals surface area contributed by atoms with Crippen LogP contribution in [0, 0.1) is 11.3 Å². The first-order valence-electron chi connectivity index (χ1n) is 4.88. The highest BCUT2D eigenvalue weighted by atomic mass is 16.5. The van der Waals surface area contributed by atoms with Gasteiger partial charge in [-0.1, -0.05) is 12.1 Å². The van der Waals surface area contributed by atoms with Crippen molar-refractivity contribution in [3.05, 3.63) is 35.4 Å². The average Bonchev–Trinajstić information content (AvgIpc) is 2.37. The number of hydrogen-bond donors (Lipinski definition) is 0. The predicted molar refractivity (Wildman–Crippen MR) is 58.3 cm³/mol. The molecule has 1 unspecified atom stereocenters. The number of benzene rings is 1. The van der Waals surface area contributed by atoms with Crippen LogP contribution in [-0.4, -0.2) is 25.2 Å². The van der Waals surface area contributed by atoms with Crippen LogP contribution >= 0.6 is 0 Å². The normalized spacial score (nSPS) is 11.1. The molecule has 0 aliphatic rings. The van der Waals surface area contributed by atoms with Crippen LogP contribution in [0.15, 0.2) is 24.3 Å². The van der Waals surface area contributed by atoms with Crippen LogP contribution in [0.1, 0.15) is 27.6 Å². The summed E-state index contributed by atoms with van der Waals surface area (Å²) in [5.41, 5.74) is 0.201. The van der Waals surface area contributed by atoms with Gasteiger partial charge in [-0.3, -0.25) is 0 Å². The first-order valence-corrected chi connectivity index (χ1v) is 4.88. The van der Waals surface area contributed by atoms with E-state index in [0.29, 0.717) is 0 Å². The molecular weight excluding hydrogens is 222 g/mol. The smallest absolute Gasteiger partial charge is 0.340 e. The molecule has 1 aromatic rings. The van der Waals surface area contributed by atoms with Gasteiger partial charge in [0.15, 0.2) is 6.10 Å². The van der Waals surface area contributed by atoms with Crippen molar-refractivity contribution in [1.82, 2.24) is 0 Å². The van der Waals surface area contributed by atoms with E-state index in [4.69, 9.17) is 10.00 Å². The minimum atomic E-state index is -0.867. The number of nitriles is 1. The molecule has 5 heteroatoms. The highest BCUT2D eigenvalue weighted by Crippen LogP contribution is 2.12. The highest BCUT2D eigenvalue weighted by Gasteiger charge is 2.19. The van der Waals surface area contributed by atoms with Gasteiger partial charge in [-0.05, 0) is 19.1 Å². The summed E-state index contributed by atoms with van der Waals surface area (Å²) < 4.78 is 9.36. The molecule has 0 N–H and O–H groups in total. The number of carbonyl (C=O) groups excluding carboxylic acids is 2. The van der Waals surface area contributed by atoms with E-state index in [1.165, 1.54) is 26.2 Å². The summed E-state index contributed by atoms with van der Waals surface area (Å²) >= 11 is 0. The molecule has 0 amide bonds. The Balaban J connectivity index is 3.02. The average molecular weight is 233 g/mol. The fourth-order valence-corrected chi connectivity index (χ4v) is 1.20. The largest absolute Gasteiger partial charge is 0.465 e. The number of ether oxygens (including phenoxy) is 2. The van der Waals surface area contributed by atoms with Crippen molar-refractivity contribution in [2.45, 2.75) is 13.0 Å². The van der Waals surface area contributed by atoms with Gasteiger partial charge in [0.25, 0.3) is 0 Å². The van der Waals surface area contributed by atoms with Gasteiger partial charge >= 0.3 is 11.9 Å². The second-order valence-electron chi connectivity index (χ2n) is 3.21. The molecule has 0 aliphatic carbocycles. The zero-order chi connectivity index (χ0) is 12.8. The van der Waals surface area contributed by atoms with Crippen LogP contribution in [-0.2, 0) is 9.47 Å². The maximum atomic E-state index is 11.7. The third kappa shape index (κ3) is 3.05. The van der Waals surface area contributed by atoms with E-state index >= 15 is 0 Å². The first-order chi connectivity index (χ1) is 8.10. The lowest BCUT2D eigenvalue weighted by molar-refractivity contribution is 0.0423. The Morgan fingerprint density at radius 1 is 1.24 bits per heavy atom. The Labute approximate surface area is 98.6 Å². The van der Waals surface area contributed by atoms with Gasteiger partial charge in [0, 0.05) is 0 Å². The van der Waals surface area contributed by atoms with E-state index in [1.54, 1.807) is 18.2 Å². The van der Waals surface area contributed by atoms with Crippen LogP contribution in [0.2, 0.25) is 0 Å². The maximum Gasteiger partial charge on any atom is 0.340 e. The van der Waals surface area contributed by atoms with Crippen LogP contribution in [0.5, 0.6) is 0 Å². The molecule has 0 aliphatic heterocycles. The molecule has 88 valence electrons.